The quantitative estimate of drug-likeness (QED) is 0.595. The second-order valence-electron chi connectivity index (χ2n) is 4.87. The fourth-order valence-electron chi connectivity index (χ4n) is 1.20. The molecule has 0 atom stereocenters. The summed E-state index contributed by atoms with van der Waals surface area (Å²) in [7, 11) is 0. The number of nitro benzene ring substituents is 1. The number of rotatable bonds is 3. The second-order valence-corrected chi connectivity index (χ2v) is 4.87. The summed E-state index contributed by atoms with van der Waals surface area (Å²) < 4.78 is 5.46. The maximum absolute atomic E-state index is 10.7. The summed E-state index contributed by atoms with van der Waals surface area (Å²) in [4.78, 5) is 10.2. The lowest BCUT2D eigenvalue weighted by Crippen LogP contribution is -2.17. The lowest BCUT2D eigenvalue weighted by atomic mass is 9.98. The Bertz CT molecular complexity index is 470. The number of ether oxygens (including phenoxy) is 1. The molecule has 0 saturated heterocycles. The van der Waals surface area contributed by atoms with Gasteiger partial charge in [0.1, 0.15) is 11.8 Å². The zero-order valence-corrected chi connectivity index (χ0v) is 10.1. The monoisotopic (exact) mass is 234 g/mol. The Morgan fingerprint density at radius 2 is 2.12 bits per heavy atom. The van der Waals surface area contributed by atoms with Crippen molar-refractivity contribution in [3.63, 3.8) is 0 Å². The lowest BCUT2D eigenvalue weighted by molar-refractivity contribution is -0.385. The second kappa shape index (κ2) is 4.83. The molecule has 0 aromatic heterocycles. The van der Waals surface area contributed by atoms with Gasteiger partial charge in [0.2, 0.25) is 0 Å². The summed E-state index contributed by atoms with van der Waals surface area (Å²) in [6, 6.07) is 6.19. The van der Waals surface area contributed by atoms with Gasteiger partial charge in [-0.15, -0.1) is 0 Å². The molecule has 5 nitrogen and oxygen atoms in total. The fraction of sp³-hybridized carbons (Fsp3) is 0.417. The van der Waals surface area contributed by atoms with Crippen LogP contribution in [0.2, 0.25) is 0 Å². The highest BCUT2D eigenvalue weighted by Crippen LogP contribution is 2.28. The van der Waals surface area contributed by atoms with Crippen molar-refractivity contribution in [1.82, 2.24) is 0 Å². The molecule has 5 heteroatoms. The average molecular weight is 234 g/mol. The molecule has 1 aromatic rings. The number of hydrogen-bond donors (Lipinski definition) is 0. The van der Waals surface area contributed by atoms with Gasteiger partial charge < -0.3 is 4.74 Å². The Kier molecular flexibility index (Phi) is 3.69. The third kappa shape index (κ3) is 3.45. The molecule has 1 rings (SSSR count). The van der Waals surface area contributed by atoms with Crippen LogP contribution in [0, 0.1) is 26.9 Å². The average Bonchev–Trinajstić information content (AvgIpc) is 2.24. The zero-order valence-electron chi connectivity index (χ0n) is 10.1. The van der Waals surface area contributed by atoms with Crippen molar-refractivity contribution >= 4 is 5.69 Å². The molecule has 1 aromatic carbocycles. The van der Waals surface area contributed by atoms with Crippen LogP contribution >= 0.6 is 0 Å². The van der Waals surface area contributed by atoms with E-state index in [0.29, 0.717) is 6.61 Å². The molecule has 0 saturated carbocycles. The van der Waals surface area contributed by atoms with E-state index in [0.717, 1.165) is 0 Å². The first-order valence-corrected chi connectivity index (χ1v) is 5.15. The van der Waals surface area contributed by atoms with E-state index in [9.17, 15) is 10.1 Å². The predicted octanol–water partition coefficient (Wildman–Crippen LogP) is 2.89. The molecule has 0 fully saturated rings. The normalized spacial score (nSPS) is 10.7. The molecule has 0 amide bonds. The van der Waals surface area contributed by atoms with E-state index in [1.807, 2.05) is 26.8 Å². The van der Waals surface area contributed by atoms with Gasteiger partial charge in [0.15, 0.2) is 5.56 Å². The van der Waals surface area contributed by atoms with E-state index in [2.05, 4.69) is 0 Å². The van der Waals surface area contributed by atoms with Crippen molar-refractivity contribution in [3.8, 4) is 11.8 Å². The Hall–Kier alpha value is -2.09. The van der Waals surface area contributed by atoms with Crippen molar-refractivity contribution in [2.45, 2.75) is 20.8 Å². The highest BCUT2D eigenvalue weighted by atomic mass is 16.6. The maximum atomic E-state index is 10.7. The summed E-state index contributed by atoms with van der Waals surface area (Å²) in [5.41, 5.74) is -0.321. The van der Waals surface area contributed by atoms with E-state index in [-0.39, 0.29) is 22.4 Å². The van der Waals surface area contributed by atoms with Gasteiger partial charge in [0, 0.05) is 6.07 Å². The molecule has 0 aliphatic rings. The first-order chi connectivity index (χ1) is 7.85. The first-order valence-electron chi connectivity index (χ1n) is 5.15. The number of hydrogen-bond acceptors (Lipinski definition) is 4. The van der Waals surface area contributed by atoms with E-state index >= 15 is 0 Å². The van der Waals surface area contributed by atoms with Crippen molar-refractivity contribution in [3.05, 3.63) is 33.9 Å². The van der Waals surface area contributed by atoms with E-state index in [4.69, 9.17) is 10.00 Å². The summed E-state index contributed by atoms with van der Waals surface area (Å²) in [5.74, 6) is 0.261. The van der Waals surface area contributed by atoms with Crippen LogP contribution in [-0.4, -0.2) is 11.5 Å². The molecule has 90 valence electrons. The molecule has 0 radical (unpaired) electrons. The fourth-order valence-corrected chi connectivity index (χ4v) is 1.20. The highest BCUT2D eigenvalue weighted by Gasteiger charge is 2.19. The lowest BCUT2D eigenvalue weighted by Gasteiger charge is -2.19. The van der Waals surface area contributed by atoms with Gasteiger partial charge in [-0.1, -0.05) is 26.8 Å². The van der Waals surface area contributed by atoms with Crippen molar-refractivity contribution in [2.24, 2.45) is 5.41 Å². The van der Waals surface area contributed by atoms with Crippen molar-refractivity contribution in [2.75, 3.05) is 6.61 Å². The molecule has 0 bridgehead atoms. The number of benzene rings is 1. The Labute approximate surface area is 99.8 Å². The topological polar surface area (TPSA) is 76.2 Å². The van der Waals surface area contributed by atoms with Gasteiger partial charge in [-0.3, -0.25) is 10.1 Å². The van der Waals surface area contributed by atoms with Gasteiger partial charge in [0.05, 0.1) is 11.5 Å². The third-order valence-electron chi connectivity index (χ3n) is 1.97. The summed E-state index contributed by atoms with van der Waals surface area (Å²) in [6.45, 7) is 6.34. The van der Waals surface area contributed by atoms with Crippen LogP contribution in [0.5, 0.6) is 5.75 Å². The minimum Gasteiger partial charge on any atom is -0.491 e. The molecule has 0 heterocycles. The van der Waals surface area contributed by atoms with Crippen LogP contribution in [0.25, 0.3) is 0 Å². The predicted molar refractivity (Wildman–Crippen MR) is 62.8 cm³/mol. The van der Waals surface area contributed by atoms with Crippen LogP contribution in [0.1, 0.15) is 26.3 Å². The molecular weight excluding hydrogens is 220 g/mol. The number of nitriles is 1. The SMILES string of the molecule is CC(C)(C)COc1cccc([N+](=O)[O-])c1C#N. The Morgan fingerprint density at radius 1 is 1.47 bits per heavy atom. The molecule has 17 heavy (non-hydrogen) atoms. The van der Waals surface area contributed by atoms with Gasteiger partial charge in [-0.2, -0.15) is 5.26 Å². The van der Waals surface area contributed by atoms with Gasteiger partial charge in [-0.05, 0) is 11.5 Å². The number of nitrogens with zero attached hydrogens (tertiary/aromatic N) is 2. The van der Waals surface area contributed by atoms with E-state index < -0.39 is 4.92 Å². The van der Waals surface area contributed by atoms with Crippen LogP contribution in [0.15, 0.2) is 18.2 Å². The summed E-state index contributed by atoms with van der Waals surface area (Å²) >= 11 is 0. The van der Waals surface area contributed by atoms with Crippen LogP contribution in [0.3, 0.4) is 0 Å². The van der Waals surface area contributed by atoms with Crippen molar-refractivity contribution < 1.29 is 9.66 Å². The summed E-state index contributed by atoms with van der Waals surface area (Å²) in [6.07, 6.45) is 0. The largest absolute Gasteiger partial charge is 0.491 e. The van der Waals surface area contributed by atoms with Crippen LogP contribution in [-0.2, 0) is 0 Å². The maximum Gasteiger partial charge on any atom is 0.290 e. The number of nitro groups is 1. The van der Waals surface area contributed by atoms with Gasteiger partial charge >= 0.3 is 0 Å². The Balaban J connectivity index is 3.05. The van der Waals surface area contributed by atoms with Crippen LogP contribution < -0.4 is 4.74 Å². The molecule has 0 spiro atoms. The molecule has 0 unspecified atom stereocenters. The van der Waals surface area contributed by atoms with E-state index in [1.165, 1.54) is 12.1 Å². The standard InChI is InChI=1S/C12H14N2O3/c1-12(2,3)8-17-11-6-4-5-10(14(15)16)9(11)7-13/h4-6H,8H2,1-3H3. The third-order valence-corrected chi connectivity index (χ3v) is 1.97. The molecule has 0 aliphatic carbocycles. The highest BCUT2D eigenvalue weighted by molar-refractivity contribution is 5.56. The summed E-state index contributed by atoms with van der Waals surface area (Å²) in [5, 5.41) is 19.7. The minimum atomic E-state index is -0.581. The molecule has 0 aliphatic heterocycles. The van der Waals surface area contributed by atoms with Crippen molar-refractivity contribution in [1.29, 1.82) is 5.26 Å². The Morgan fingerprint density at radius 3 is 2.59 bits per heavy atom. The zero-order chi connectivity index (χ0) is 13.1. The molecule has 0 N–H and O–H groups in total. The van der Waals surface area contributed by atoms with Crippen LogP contribution in [0.4, 0.5) is 5.69 Å². The molecular formula is C12H14N2O3. The first kappa shape index (κ1) is 13.0. The minimum absolute atomic E-state index is 0.0262. The van der Waals surface area contributed by atoms with Gasteiger partial charge in [0.25, 0.3) is 5.69 Å². The van der Waals surface area contributed by atoms with Gasteiger partial charge in [-0.25, -0.2) is 0 Å². The van der Waals surface area contributed by atoms with E-state index in [1.54, 1.807) is 6.07 Å². The smallest absolute Gasteiger partial charge is 0.290 e.